The number of rotatable bonds is 3. The molecule has 6 heteroatoms. The fourth-order valence-corrected chi connectivity index (χ4v) is 3.20. The molecule has 27 heavy (non-hydrogen) atoms. The Morgan fingerprint density at radius 3 is 2.56 bits per heavy atom. The van der Waals surface area contributed by atoms with Gasteiger partial charge in [-0.3, -0.25) is 4.79 Å². The van der Waals surface area contributed by atoms with E-state index in [0.717, 1.165) is 12.1 Å². The number of benzene rings is 2. The van der Waals surface area contributed by atoms with Gasteiger partial charge in [0, 0.05) is 42.1 Å². The third kappa shape index (κ3) is 4.46. The van der Waals surface area contributed by atoms with Crippen molar-refractivity contribution in [1.82, 2.24) is 10.2 Å². The van der Waals surface area contributed by atoms with Gasteiger partial charge in [0.1, 0.15) is 0 Å². The molecule has 142 valence electrons. The molecule has 1 aliphatic rings. The molecule has 2 aromatic rings. The van der Waals surface area contributed by atoms with Crippen molar-refractivity contribution < 1.29 is 9.59 Å². The number of amides is 3. The molecule has 1 aliphatic heterocycles. The highest BCUT2D eigenvalue weighted by molar-refractivity contribution is 6.02. The lowest BCUT2D eigenvalue weighted by Gasteiger charge is -2.38. The van der Waals surface area contributed by atoms with Crippen LogP contribution in [0.3, 0.4) is 0 Å². The predicted molar refractivity (Wildman–Crippen MR) is 108 cm³/mol. The lowest BCUT2D eigenvalue weighted by atomic mass is 10.0. The van der Waals surface area contributed by atoms with E-state index >= 15 is 0 Å². The Morgan fingerprint density at radius 2 is 1.81 bits per heavy atom. The van der Waals surface area contributed by atoms with Crippen LogP contribution in [0.25, 0.3) is 0 Å². The maximum atomic E-state index is 13.0. The molecule has 1 saturated heterocycles. The standard InChI is InChI=1S/C21H26N4O2/c1-14-9-10-17(20(26)25-12-11-22-15(2)16(25)3)13-19(14)24-21(27)23-18-7-5-4-6-8-18/h4-10,13,15-16,22H,11-12H2,1-3H3,(H2,23,24,27). The van der Waals surface area contributed by atoms with Gasteiger partial charge < -0.3 is 20.9 Å². The van der Waals surface area contributed by atoms with Gasteiger partial charge in [-0.25, -0.2) is 4.79 Å². The van der Waals surface area contributed by atoms with Crippen LogP contribution in [-0.4, -0.2) is 42.0 Å². The van der Waals surface area contributed by atoms with Crippen molar-refractivity contribution in [2.45, 2.75) is 32.9 Å². The highest BCUT2D eigenvalue weighted by Crippen LogP contribution is 2.21. The van der Waals surface area contributed by atoms with Crippen LogP contribution < -0.4 is 16.0 Å². The van der Waals surface area contributed by atoms with Crippen LogP contribution in [0, 0.1) is 6.92 Å². The van der Waals surface area contributed by atoms with Crippen LogP contribution in [0.15, 0.2) is 48.5 Å². The van der Waals surface area contributed by atoms with Crippen LogP contribution in [0.1, 0.15) is 29.8 Å². The Hall–Kier alpha value is -2.86. The highest BCUT2D eigenvalue weighted by Gasteiger charge is 2.28. The van der Waals surface area contributed by atoms with E-state index in [0.29, 0.717) is 23.5 Å². The fraction of sp³-hybridized carbons (Fsp3) is 0.333. The first-order chi connectivity index (χ1) is 13.0. The molecule has 3 amide bonds. The van der Waals surface area contributed by atoms with Crippen LogP contribution >= 0.6 is 0 Å². The number of urea groups is 1. The molecule has 3 N–H and O–H groups in total. The molecule has 0 spiro atoms. The number of nitrogens with one attached hydrogen (secondary N) is 3. The molecular weight excluding hydrogens is 340 g/mol. The average molecular weight is 366 g/mol. The maximum Gasteiger partial charge on any atom is 0.323 e. The molecule has 1 heterocycles. The Kier molecular flexibility index (Phi) is 5.76. The Bertz CT molecular complexity index is 822. The number of anilines is 2. The van der Waals surface area contributed by atoms with Crippen molar-refractivity contribution in [3.63, 3.8) is 0 Å². The lowest BCUT2D eigenvalue weighted by Crippen LogP contribution is -2.57. The number of nitrogens with zero attached hydrogens (tertiary/aromatic N) is 1. The topological polar surface area (TPSA) is 73.5 Å². The second-order valence-electron chi connectivity index (χ2n) is 6.96. The quantitative estimate of drug-likeness (QED) is 0.779. The number of carbonyl (C=O) groups excluding carboxylic acids is 2. The number of hydrogen-bond acceptors (Lipinski definition) is 3. The van der Waals surface area contributed by atoms with E-state index in [1.165, 1.54) is 0 Å². The minimum atomic E-state index is -0.335. The maximum absolute atomic E-state index is 13.0. The summed E-state index contributed by atoms with van der Waals surface area (Å²) in [4.78, 5) is 27.1. The summed E-state index contributed by atoms with van der Waals surface area (Å²) in [6.07, 6.45) is 0. The van der Waals surface area contributed by atoms with Gasteiger partial charge in [0.2, 0.25) is 0 Å². The van der Waals surface area contributed by atoms with Crippen LogP contribution in [0.4, 0.5) is 16.2 Å². The zero-order valence-electron chi connectivity index (χ0n) is 16.0. The highest BCUT2D eigenvalue weighted by atomic mass is 16.2. The zero-order chi connectivity index (χ0) is 19.4. The Morgan fingerprint density at radius 1 is 1.07 bits per heavy atom. The molecule has 6 nitrogen and oxygen atoms in total. The van der Waals surface area contributed by atoms with Gasteiger partial charge in [0.25, 0.3) is 5.91 Å². The zero-order valence-corrected chi connectivity index (χ0v) is 16.0. The van der Waals surface area contributed by atoms with Crippen molar-refractivity contribution in [1.29, 1.82) is 0 Å². The SMILES string of the molecule is Cc1ccc(C(=O)N2CCNC(C)C2C)cc1NC(=O)Nc1ccccc1. The molecule has 3 rings (SSSR count). The minimum absolute atomic E-state index is 0.0117. The third-order valence-electron chi connectivity index (χ3n) is 5.06. The summed E-state index contributed by atoms with van der Waals surface area (Å²) >= 11 is 0. The number of carbonyl (C=O) groups is 2. The largest absolute Gasteiger partial charge is 0.333 e. The van der Waals surface area contributed by atoms with Gasteiger partial charge in [-0.2, -0.15) is 0 Å². The monoisotopic (exact) mass is 366 g/mol. The van der Waals surface area contributed by atoms with Crippen molar-refractivity contribution in [2.75, 3.05) is 23.7 Å². The van der Waals surface area contributed by atoms with E-state index in [1.54, 1.807) is 6.07 Å². The second kappa shape index (κ2) is 8.22. The van der Waals surface area contributed by atoms with E-state index in [9.17, 15) is 9.59 Å². The van der Waals surface area contributed by atoms with Crippen LogP contribution in [0.2, 0.25) is 0 Å². The molecule has 0 aromatic heterocycles. The van der Waals surface area contributed by atoms with Gasteiger partial charge in [0.05, 0.1) is 0 Å². The first-order valence-corrected chi connectivity index (χ1v) is 9.24. The fourth-order valence-electron chi connectivity index (χ4n) is 3.20. The molecule has 2 aromatic carbocycles. The normalized spacial score (nSPS) is 19.4. The molecule has 0 aliphatic carbocycles. The molecular formula is C21H26N4O2. The average Bonchev–Trinajstić information content (AvgIpc) is 2.66. The van der Waals surface area contributed by atoms with E-state index in [-0.39, 0.29) is 24.0 Å². The van der Waals surface area contributed by atoms with Gasteiger partial charge in [-0.15, -0.1) is 0 Å². The van der Waals surface area contributed by atoms with Gasteiger partial charge in [-0.1, -0.05) is 24.3 Å². The van der Waals surface area contributed by atoms with Crippen LogP contribution in [-0.2, 0) is 0 Å². The summed E-state index contributed by atoms with van der Waals surface area (Å²) in [6, 6.07) is 14.7. The first-order valence-electron chi connectivity index (χ1n) is 9.24. The van der Waals surface area contributed by atoms with Gasteiger partial charge in [-0.05, 0) is 50.6 Å². The molecule has 0 bridgehead atoms. The van der Waals surface area contributed by atoms with E-state index < -0.39 is 0 Å². The van der Waals surface area contributed by atoms with Crippen molar-refractivity contribution in [3.05, 3.63) is 59.7 Å². The first kappa shape index (κ1) is 18.9. The molecule has 0 radical (unpaired) electrons. The minimum Gasteiger partial charge on any atom is -0.333 e. The summed E-state index contributed by atoms with van der Waals surface area (Å²) in [5, 5.41) is 9.01. The summed E-state index contributed by atoms with van der Waals surface area (Å²) in [7, 11) is 0. The third-order valence-corrected chi connectivity index (χ3v) is 5.06. The summed E-state index contributed by atoms with van der Waals surface area (Å²) in [5.74, 6) is -0.0117. The smallest absolute Gasteiger partial charge is 0.323 e. The second-order valence-corrected chi connectivity index (χ2v) is 6.96. The molecule has 2 unspecified atom stereocenters. The van der Waals surface area contributed by atoms with Gasteiger partial charge >= 0.3 is 6.03 Å². The van der Waals surface area contributed by atoms with Crippen molar-refractivity contribution in [3.8, 4) is 0 Å². The lowest BCUT2D eigenvalue weighted by molar-refractivity contribution is 0.0603. The van der Waals surface area contributed by atoms with Gasteiger partial charge in [0.15, 0.2) is 0 Å². The predicted octanol–water partition coefficient (Wildman–Crippen LogP) is 3.46. The number of para-hydroxylation sites is 1. The van der Waals surface area contributed by atoms with Crippen LogP contribution in [0.5, 0.6) is 0 Å². The Labute approximate surface area is 159 Å². The van der Waals surface area contributed by atoms with Crippen molar-refractivity contribution >= 4 is 23.3 Å². The van der Waals surface area contributed by atoms with E-state index in [1.807, 2.05) is 54.3 Å². The molecule has 0 saturated carbocycles. The summed E-state index contributed by atoms with van der Waals surface area (Å²) < 4.78 is 0. The molecule has 2 atom stereocenters. The van der Waals surface area contributed by atoms with Crippen molar-refractivity contribution in [2.24, 2.45) is 0 Å². The summed E-state index contributed by atoms with van der Waals surface area (Å²) in [6.45, 7) is 7.50. The number of aryl methyl sites for hydroxylation is 1. The van der Waals surface area contributed by atoms with E-state index in [4.69, 9.17) is 0 Å². The number of piperazine rings is 1. The Balaban J connectivity index is 1.74. The number of hydrogen-bond donors (Lipinski definition) is 3. The molecule has 1 fully saturated rings. The van der Waals surface area contributed by atoms with E-state index in [2.05, 4.69) is 29.8 Å². The summed E-state index contributed by atoms with van der Waals surface area (Å²) in [5.41, 5.74) is 2.82.